The first kappa shape index (κ1) is 9.35. The van der Waals surface area contributed by atoms with E-state index in [0.29, 0.717) is 12.1 Å². The van der Waals surface area contributed by atoms with Gasteiger partial charge in [0.25, 0.3) is 0 Å². The summed E-state index contributed by atoms with van der Waals surface area (Å²) in [5.41, 5.74) is 1.75. The van der Waals surface area contributed by atoms with Crippen molar-refractivity contribution in [1.82, 2.24) is 9.59 Å². The lowest BCUT2D eigenvalue weighted by Gasteiger charge is -2.05. The van der Waals surface area contributed by atoms with Crippen molar-refractivity contribution in [1.29, 1.82) is 0 Å². The van der Waals surface area contributed by atoms with Gasteiger partial charge >= 0.3 is 0 Å². The summed E-state index contributed by atoms with van der Waals surface area (Å²) in [7, 11) is 0. The van der Waals surface area contributed by atoms with Crippen LogP contribution < -0.4 is 0 Å². The normalized spacial score (nSPS) is 12.8. The third-order valence-electron chi connectivity index (χ3n) is 1.56. The number of rotatable bonds is 4. The zero-order valence-electron chi connectivity index (χ0n) is 7.03. The van der Waals surface area contributed by atoms with Gasteiger partial charge in [0, 0.05) is 5.38 Å². The fraction of sp³-hybridized carbons (Fsp3) is 0.500. The largest absolute Gasteiger partial charge is 0.387 e. The highest BCUT2D eigenvalue weighted by molar-refractivity contribution is 7.03. The number of aliphatic hydroxyl groups excluding tert-OH is 1. The molecule has 1 atom stereocenters. The molecule has 0 aromatic carbocycles. The third-order valence-corrected chi connectivity index (χ3v) is 2.09. The Morgan fingerprint density at radius 3 is 3.08 bits per heavy atom. The Morgan fingerprint density at radius 1 is 1.83 bits per heavy atom. The van der Waals surface area contributed by atoms with Crippen LogP contribution in [0.3, 0.4) is 0 Å². The quantitative estimate of drug-likeness (QED) is 0.727. The molecule has 66 valence electrons. The Morgan fingerprint density at radius 2 is 2.58 bits per heavy atom. The number of hydrogen-bond acceptors (Lipinski definition) is 4. The number of hydrogen-bond donors (Lipinski definition) is 1. The molecule has 0 radical (unpaired) electrons. The van der Waals surface area contributed by atoms with Gasteiger partial charge in [0.05, 0.1) is 6.10 Å². The Balaban J connectivity index is 2.39. The number of allylic oxidation sites excluding steroid dienone is 1. The van der Waals surface area contributed by atoms with Gasteiger partial charge in [0.1, 0.15) is 5.69 Å². The fourth-order valence-corrected chi connectivity index (χ4v) is 1.35. The SMILES string of the molecule is C=C(C)CCC(O)c1csnn1. The minimum atomic E-state index is -0.486. The fourth-order valence-electron chi connectivity index (χ4n) is 0.848. The lowest BCUT2D eigenvalue weighted by atomic mass is 10.1. The zero-order chi connectivity index (χ0) is 8.97. The van der Waals surface area contributed by atoms with E-state index in [4.69, 9.17) is 0 Å². The van der Waals surface area contributed by atoms with Crippen LogP contribution in [0.25, 0.3) is 0 Å². The lowest BCUT2D eigenvalue weighted by Crippen LogP contribution is -1.97. The molecule has 1 aromatic rings. The summed E-state index contributed by atoms with van der Waals surface area (Å²) < 4.78 is 3.68. The van der Waals surface area contributed by atoms with Crippen LogP contribution in [0.2, 0.25) is 0 Å². The number of aliphatic hydroxyl groups is 1. The molecule has 1 unspecified atom stereocenters. The molecule has 0 spiro atoms. The van der Waals surface area contributed by atoms with E-state index in [1.807, 2.05) is 6.92 Å². The first-order valence-electron chi connectivity index (χ1n) is 3.79. The molecule has 1 aromatic heterocycles. The second-order valence-corrected chi connectivity index (χ2v) is 3.45. The van der Waals surface area contributed by atoms with E-state index in [0.717, 1.165) is 12.0 Å². The van der Waals surface area contributed by atoms with E-state index in [1.165, 1.54) is 11.5 Å². The molecule has 1 rings (SSSR count). The maximum atomic E-state index is 9.52. The molecule has 3 nitrogen and oxygen atoms in total. The Hall–Kier alpha value is -0.740. The average molecular weight is 184 g/mol. The average Bonchev–Trinajstić information content (AvgIpc) is 2.51. The van der Waals surface area contributed by atoms with Crippen molar-refractivity contribution in [3.05, 3.63) is 23.2 Å². The van der Waals surface area contributed by atoms with Gasteiger partial charge in [-0.2, -0.15) is 0 Å². The minimum Gasteiger partial charge on any atom is -0.387 e. The van der Waals surface area contributed by atoms with E-state index in [2.05, 4.69) is 16.2 Å². The Bertz CT molecular complexity index is 246. The van der Waals surface area contributed by atoms with E-state index in [1.54, 1.807) is 5.38 Å². The number of nitrogens with zero attached hydrogens (tertiary/aromatic N) is 2. The molecule has 0 saturated carbocycles. The van der Waals surface area contributed by atoms with E-state index < -0.39 is 6.10 Å². The highest BCUT2D eigenvalue weighted by Gasteiger charge is 2.09. The van der Waals surface area contributed by atoms with Gasteiger partial charge in [0.2, 0.25) is 0 Å². The maximum absolute atomic E-state index is 9.52. The summed E-state index contributed by atoms with van der Waals surface area (Å²) in [5.74, 6) is 0. The predicted molar refractivity (Wildman–Crippen MR) is 48.9 cm³/mol. The summed E-state index contributed by atoms with van der Waals surface area (Å²) in [6, 6.07) is 0. The van der Waals surface area contributed by atoms with Gasteiger partial charge in [-0.1, -0.05) is 10.1 Å². The molecule has 0 aliphatic carbocycles. The molecule has 0 fully saturated rings. The predicted octanol–water partition coefficient (Wildman–Crippen LogP) is 1.93. The molecule has 1 heterocycles. The second-order valence-electron chi connectivity index (χ2n) is 2.84. The molecule has 0 saturated heterocycles. The van der Waals surface area contributed by atoms with Gasteiger partial charge in [-0.3, -0.25) is 0 Å². The first-order chi connectivity index (χ1) is 5.70. The summed E-state index contributed by atoms with van der Waals surface area (Å²) in [5, 5.41) is 15.1. The summed E-state index contributed by atoms with van der Waals surface area (Å²) in [6.45, 7) is 5.71. The monoisotopic (exact) mass is 184 g/mol. The van der Waals surface area contributed by atoms with Crippen LogP contribution in [0.1, 0.15) is 31.6 Å². The van der Waals surface area contributed by atoms with Crippen LogP contribution in [0.5, 0.6) is 0 Å². The summed E-state index contributed by atoms with van der Waals surface area (Å²) in [6.07, 6.45) is 1.03. The van der Waals surface area contributed by atoms with Crippen molar-refractivity contribution >= 4 is 11.5 Å². The van der Waals surface area contributed by atoms with Crippen molar-refractivity contribution in [2.75, 3.05) is 0 Å². The van der Waals surface area contributed by atoms with Crippen LogP contribution in [0.15, 0.2) is 17.5 Å². The smallest absolute Gasteiger partial charge is 0.104 e. The molecule has 0 bridgehead atoms. The standard InChI is InChI=1S/C8H12N2OS/c1-6(2)3-4-8(11)7-5-12-10-9-7/h5,8,11H,1,3-4H2,2H3. The highest BCUT2D eigenvalue weighted by Crippen LogP contribution is 2.18. The molecule has 12 heavy (non-hydrogen) atoms. The molecule has 0 aliphatic rings. The van der Waals surface area contributed by atoms with Crippen molar-refractivity contribution in [3.8, 4) is 0 Å². The van der Waals surface area contributed by atoms with Gasteiger partial charge < -0.3 is 5.11 Å². The van der Waals surface area contributed by atoms with Gasteiger partial charge in [-0.05, 0) is 31.3 Å². The van der Waals surface area contributed by atoms with Crippen LogP contribution in [-0.2, 0) is 0 Å². The minimum absolute atomic E-state index is 0.486. The topological polar surface area (TPSA) is 46.0 Å². The summed E-state index contributed by atoms with van der Waals surface area (Å²) in [4.78, 5) is 0. The van der Waals surface area contributed by atoms with Crippen molar-refractivity contribution < 1.29 is 5.11 Å². The van der Waals surface area contributed by atoms with Gasteiger partial charge in [-0.25, -0.2) is 0 Å². The molecular formula is C8H12N2OS. The first-order valence-corrected chi connectivity index (χ1v) is 4.63. The second kappa shape index (κ2) is 4.33. The van der Waals surface area contributed by atoms with Crippen LogP contribution in [0, 0.1) is 0 Å². The van der Waals surface area contributed by atoms with Crippen LogP contribution >= 0.6 is 11.5 Å². The van der Waals surface area contributed by atoms with Gasteiger partial charge in [0.15, 0.2) is 0 Å². The zero-order valence-corrected chi connectivity index (χ0v) is 7.84. The lowest BCUT2D eigenvalue weighted by molar-refractivity contribution is 0.163. The molecule has 1 N–H and O–H groups in total. The molecule has 0 amide bonds. The van der Waals surface area contributed by atoms with Crippen LogP contribution in [-0.4, -0.2) is 14.7 Å². The summed E-state index contributed by atoms with van der Waals surface area (Å²) >= 11 is 1.26. The van der Waals surface area contributed by atoms with E-state index in [-0.39, 0.29) is 0 Å². The van der Waals surface area contributed by atoms with E-state index >= 15 is 0 Å². The van der Waals surface area contributed by atoms with Crippen molar-refractivity contribution in [2.24, 2.45) is 0 Å². The van der Waals surface area contributed by atoms with Gasteiger partial charge in [-0.15, -0.1) is 11.7 Å². The Kier molecular flexibility index (Phi) is 3.37. The molecular weight excluding hydrogens is 172 g/mol. The third kappa shape index (κ3) is 2.71. The Labute approximate surface area is 75.9 Å². The molecule has 4 heteroatoms. The maximum Gasteiger partial charge on any atom is 0.104 e. The highest BCUT2D eigenvalue weighted by atomic mass is 32.1. The van der Waals surface area contributed by atoms with Crippen molar-refractivity contribution in [2.45, 2.75) is 25.9 Å². The molecule has 0 aliphatic heterocycles. The van der Waals surface area contributed by atoms with Crippen molar-refractivity contribution in [3.63, 3.8) is 0 Å². The number of aromatic nitrogens is 2. The van der Waals surface area contributed by atoms with E-state index in [9.17, 15) is 5.11 Å². The van der Waals surface area contributed by atoms with Crippen LogP contribution in [0.4, 0.5) is 0 Å².